The number of nitrogens with zero attached hydrogens (tertiary/aromatic N) is 1. The first-order chi connectivity index (χ1) is 19.3. The van der Waals surface area contributed by atoms with Crippen LogP contribution in [0.4, 0.5) is 17.1 Å². The third kappa shape index (κ3) is 3.70. The number of rotatable bonds is 3. The maximum Gasteiger partial charge on any atom is 0.136 e. The largest absolute Gasteiger partial charge is 0.457 e. The van der Waals surface area contributed by atoms with Gasteiger partial charge in [0.2, 0.25) is 0 Å². The van der Waals surface area contributed by atoms with E-state index in [2.05, 4.69) is 138 Å². The highest BCUT2D eigenvalue weighted by Crippen LogP contribution is 2.50. The summed E-state index contributed by atoms with van der Waals surface area (Å²) < 4.78 is 8.97. The van der Waals surface area contributed by atoms with Gasteiger partial charge in [-0.2, -0.15) is 0 Å². The summed E-state index contributed by atoms with van der Waals surface area (Å²) in [5.41, 5.74) is 8.15. The molecule has 39 heavy (non-hydrogen) atoms. The highest BCUT2D eigenvalue weighted by molar-refractivity contribution is 7.26. The standard InChI is InChI=1S/C36H23NOS/c1-2-9-24(10-3-1)25-11-4-12-26(21-25)27-13-5-14-28(22-27)37-29-15-6-16-30(23-29)38-32-18-8-20-34-36(32)35-31(37)17-7-19-33(35)39-34/h1-23H. The van der Waals surface area contributed by atoms with E-state index in [1.165, 1.54) is 42.4 Å². The zero-order chi connectivity index (χ0) is 25.8. The van der Waals surface area contributed by atoms with Crippen LogP contribution < -0.4 is 9.64 Å². The van der Waals surface area contributed by atoms with Crippen molar-refractivity contribution < 1.29 is 4.74 Å². The van der Waals surface area contributed by atoms with Crippen LogP contribution in [0.3, 0.4) is 0 Å². The van der Waals surface area contributed by atoms with Crippen LogP contribution in [-0.2, 0) is 0 Å². The van der Waals surface area contributed by atoms with Gasteiger partial charge in [-0.1, -0.05) is 78.9 Å². The monoisotopic (exact) mass is 517 g/mol. The Morgan fingerprint density at radius 1 is 0.462 bits per heavy atom. The summed E-state index contributed by atoms with van der Waals surface area (Å²) in [7, 11) is 0. The molecule has 1 aromatic heterocycles. The van der Waals surface area contributed by atoms with Crippen LogP contribution in [0.5, 0.6) is 11.5 Å². The highest BCUT2D eigenvalue weighted by Gasteiger charge is 2.22. The molecule has 7 aromatic rings. The van der Waals surface area contributed by atoms with Gasteiger partial charge < -0.3 is 9.64 Å². The first-order valence-electron chi connectivity index (χ1n) is 13.1. The van der Waals surface area contributed by atoms with Crippen LogP contribution in [0.15, 0.2) is 140 Å². The van der Waals surface area contributed by atoms with E-state index in [1.54, 1.807) is 0 Å². The molecule has 0 N–H and O–H groups in total. The Morgan fingerprint density at radius 2 is 1.08 bits per heavy atom. The summed E-state index contributed by atoms with van der Waals surface area (Å²) in [5.74, 6) is 1.74. The molecular formula is C36H23NOS. The fraction of sp³-hybridized carbons (Fsp3) is 0. The van der Waals surface area contributed by atoms with E-state index in [4.69, 9.17) is 4.74 Å². The minimum Gasteiger partial charge on any atom is -0.457 e. The summed E-state index contributed by atoms with van der Waals surface area (Å²) in [4.78, 5) is 2.37. The lowest BCUT2D eigenvalue weighted by Gasteiger charge is -2.26. The SMILES string of the molecule is c1ccc(-c2cccc(-c3cccc(N4c5cccc(c5)Oc5cccc6sc7cccc4c7c56)c3)c2)cc1. The second kappa shape index (κ2) is 8.87. The van der Waals surface area contributed by atoms with Crippen LogP contribution in [0.25, 0.3) is 42.4 Å². The summed E-state index contributed by atoms with van der Waals surface area (Å²) in [6.07, 6.45) is 0. The zero-order valence-corrected chi connectivity index (χ0v) is 21.9. The van der Waals surface area contributed by atoms with Gasteiger partial charge in [-0.25, -0.2) is 0 Å². The lowest BCUT2D eigenvalue weighted by Crippen LogP contribution is -2.10. The zero-order valence-electron chi connectivity index (χ0n) is 21.0. The average Bonchev–Trinajstić information content (AvgIpc) is 3.40. The molecule has 0 radical (unpaired) electrons. The molecule has 8 rings (SSSR count). The van der Waals surface area contributed by atoms with Gasteiger partial charge >= 0.3 is 0 Å². The van der Waals surface area contributed by atoms with E-state index in [1.807, 2.05) is 17.4 Å². The van der Waals surface area contributed by atoms with Gasteiger partial charge in [0.15, 0.2) is 0 Å². The van der Waals surface area contributed by atoms with Crippen LogP contribution in [0.1, 0.15) is 0 Å². The van der Waals surface area contributed by atoms with Crippen LogP contribution in [0, 0.1) is 0 Å². The van der Waals surface area contributed by atoms with Gasteiger partial charge in [-0.05, 0) is 76.9 Å². The highest BCUT2D eigenvalue weighted by atomic mass is 32.1. The molecule has 0 saturated heterocycles. The number of thiophene rings is 1. The number of anilines is 3. The quantitative estimate of drug-likeness (QED) is 0.231. The minimum atomic E-state index is 0.837. The number of benzene rings is 6. The van der Waals surface area contributed by atoms with Crippen molar-refractivity contribution in [3.63, 3.8) is 0 Å². The molecule has 184 valence electrons. The molecule has 2 bridgehead atoms. The molecule has 2 heterocycles. The minimum absolute atomic E-state index is 0.837. The van der Waals surface area contributed by atoms with Crippen molar-refractivity contribution in [1.29, 1.82) is 0 Å². The van der Waals surface area contributed by atoms with Crippen molar-refractivity contribution in [2.45, 2.75) is 0 Å². The van der Waals surface area contributed by atoms with Crippen molar-refractivity contribution in [3.05, 3.63) is 140 Å². The molecule has 1 aliphatic heterocycles. The lowest BCUT2D eigenvalue weighted by atomic mass is 9.98. The fourth-order valence-electron chi connectivity index (χ4n) is 5.66. The Kier molecular flexibility index (Phi) is 5.04. The Labute approximate surface area is 231 Å². The molecule has 2 nitrogen and oxygen atoms in total. The summed E-state index contributed by atoms with van der Waals surface area (Å²) in [6.45, 7) is 0. The van der Waals surface area contributed by atoms with Crippen molar-refractivity contribution in [2.24, 2.45) is 0 Å². The van der Waals surface area contributed by atoms with Gasteiger partial charge in [0.25, 0.3) is 0 Å². The first-order valence-corrected chi connectivity index (χ1v) is 13.9. The summed E-state index contributed by atoms with van der Waals surface area (Å²) in [6, 6.07) is 49.5. The first kappa shape index (κ1) is 22.2. The van der Waals surface area contributed by atoms with Gasteiger partial charge in [-0.3, -0.25) is 0 Å². The number of hydrogen-bond acceptors (Lipinski definition) is 3. The molecule has 0 unspecified atom stereocenters. The third-order valence-electron chi connectivity index (χ3n) is 7.41. The molecule has 0 fully saturated rings. The van der Waals surface area contributed by atoms with Crippen molar-refractivity contribution in [1.82, 2.24) is 0 Å². The Morgan fingerprint density at radius 3 is 1.92 bits per heavy atom. The van der Waals surface area contributed by atoms with E-state index in [-0.39, 0.29) is 0 Å². The van der Waals surface area contributed by atoms with Crippen LogP contribution >= 0.6 is 11.3 Å². The maximum absolute atomic E-state index is 6.48. The van der Waals surface area contributed by atoms with Crippen LogP contribution in [0.2, 0.25) is 0 Å². The molecule has 1 aliphatic rings. The number of fused-ring (bicyclic) bond motifs is 2. The summed E-state index contributed by atoms with van der Waals surface area (Å²) >= 11 is 1.82. The summed E-state index contributed by atoms with van der Waals surface area (Å²) in [5, 5.41) is 2.40. The van der Waals surface area contributed by atoms with Crippen molar-refractivity contribution >= 4 is 48.6 Å². The van der Waals surface area contributed by atoms with Gasteiger partial charge in [0.1, 0.15) is 11.5 Å². The van der Waals surface area contributed by atoms with Gasteiger partial charge in [-0.15, -0.1) is 11.3 Å². The molecular weight excluding hydrogens is 494 g/mol. The van der Waals surface area contributed by atoms with Crippen molar-refractivity contribution in [2.75, 3.05) is 4.90 Å². The van der Waals surface area contributed by atoms with E-state index in [0.717, 1.165) is 28.6 Å². The normalized spacial score (nSPS) is 12.3. The Balaban J connectivity index is 1.35. The van der Waals surface area contributed by atoms with E-state index in [9.17, 15) is 0 Å². The lowest BCUT2D eigenvalue weighted by molar-refractivity contribution is 0.489. The molecule has 3 heteroatoms. The fourth-order valence-corrected chi connectivity index (χ4v) is 6.81. The number of hydrogen-bond donors (Lipinski definition) is 0. The average molecular weight is 518 g/mol. The second-order valence-electron chi connectivity index (χ2n) is 9.81. The number of ether oxygens (including phenoxy) is 1. The maximum atomic E-state index is 6.48. The Hall–Kier alpha value is -4.86. The molecule has 0 saturated carbocycles. The molecule has 6 aromatic carbocycles. The molecule has 0 amide bonds. The molecule has 0 atom stereocenters. The second-order valence-corrected chi connectivity index (χ2v) is 10.9. The van der Waals surface area contributed by atoms with Crippen LogP contribution in [-0.4, -0.2) is 0 Å². The third-order valence-corrected chi connectivity index (χ3v) is 8.53. The van der Waals surface area contributed by atoms with E-state index >= 15 is 0 Å². The molecule has 0 spiro atoms. The topological polar surface area (TPSA) is 12.5 Å². The van der Waals surface area contributed by atoms with Gasteiger partial charge in [0, 0.05) is 37.6 Å². The van der Waals surface area contributed by atoms with Crippen molar-refractivity contribution in [3.8, 4) is 33.8 Å². The van der Waals surface area contributed by atoms with E-state index < -0.39 is 0 Å². The van der Waals surface area contributed by atoms with Gasteiger partial charge in [0.05, 0.1) is 5.69 Å². The predicted octanol–water partition coefficient (Wildman–Crippen LogP) is 11.0. The Bertz CT molecular complexity index is 2010. The van der Waals surface area contributed by atoms with E-state index in [0.29, 0.717) is 0 Å². The predicted molar refractivity (Wildman–Crippen MR) is 165 cm³/mol. The smallest absolute Gasteiger partial charge is 0.136 e. The molecule has 0 aliphatic carbocycles.